The summed E-state index contributed by atoms with van der Waals surface area (Å²) in [5, 5.41) is 11.5. The van der Waals surface area contributed by atoms with E-state index in [4.69, 9.17) is 10.3 Å². The van der Waals surface area contributed by atoms with Gasteiger partial charge in [-0.1, -0.05) is 12.1 Å². The Labute approximate surface area is 121 Å². The molecule has 0 saturated heterocycles. The van der Waals surface area contributed by atoms with Crippen molar-refractivity contribution < 1.29 is 9.34 Å². The van der Waals surface area contributed by atoms with Crippen LogP contribution in [0.3, 0.4) is 0 Å². The summed E-state index contributed by atoms with van der Waals surface area (Å²) in [5.74, 6) is 5.14. The van der Waals surface area contributed by atoms with Crippen molar-refractivity contribution in [3.8, 4) is 0 Å². The molecule has 0 unspecified atom stereocenters. The molecule has 3 N–H and O–H groups in total. The molecule has 2 aromatic heterocycles. The molecule has 0 radical (unpaired) electrons. The number of rotatable bonds is 4. The van der Waals surface area contributed by atoms with E-state index in [9.17, 15) is 10.1 Å². The van der Waals surface area contributed by atoms with Crippen molar-refractivity contribution in [2.75, 3.05) is 5.43 Å². The number of aromatic nitrogens is 3. The standard InChI is InChI=1S/C11H8N6O3S/c12-16-9-8(17(18)19)10(14-5-13-9)21-11-15-6-3-1-2-4-7(6)20-11/h1-5H,12H2,(H,13,14,16). The summed E-state index contributed by atoms with van der Waals surface area (Å²) in [6, 6.07) is 7.17. The maximum Gasteiger partial charge on any atom is 0.345 e. The van der Waals surface area contributed by atoms with Gasteiger partial charge in [0.05, 0.1) is 4.92 Å². The van der Waals surface area contributed by atoms with E-state index in [1.807, 2.05) is 12.1 Å². The zero-order valence-electron chi connectivity index (χ0n) is 10.4. The van der Waals surface area contributed by atoms with E-state index in [0.717, 1.165) is 11.8 Å². The minimum Gasteiger partial charge on any atom is -0.431 e. The molecule has 2 heterocycles. The first-order chi connectivity index (χ1) is 10.2. The van der Waals surface area contributed by atoms with E-state index in [-0.39, 0.29) is 21.8 Å². The number of anilines is 1. The van der Waals surface area contributed by atoms with Gasteiger partial charge in [-0.2, -0.15) is 0 Å². The van der Waals surface area contributed by atoms with Gasteiger partial charge in [-0.25, -0.2) is 20.8 Å². The Morgan fingerprint density at radius 3 is 2.86 bits per heavy atom. The summed E-state index contributed by atoms with van der Waals surface area (Å²) in [4.78, 5) is 22.3. The molecule has 0 spiro atoms. The second-order valence-electron chi connectivity index (χ2n) is 3.83. The molecule has 9 nitrogen and oxygen atoms in total. The Hall–Kier alpha value is -2.72. The lowest BCUT2D eigenvalue weighted by atomic mass is 10.3. The third kappa shape index (κ3) is 2.49. The van der Waals surface area contributed by atoms with Crippen molar-refractivity contribution in [2.24, 2.45) is 5.84 Å². The van der Waals surface area contributed by atoms with Crippen LogP contribution < -0.4 is 11.3 Å². The van der Waals surface area contributed by atoms with Crippen molar-refractivity contribution in [2.45, 2.75) is 10.2 Å². The number of nitrogen functional groups attached to an aromatic ring is 1. The van der Waals surface area contributed by atoms with E-state index in [1.165, 1.54) is 6.33 Å². The number of nitrogens with one attached hydrogen (secondary N) is 1. The SMILES string of the molecule is NNc1ncnc(Sc2nc3ccccc3o2)c1[N+](=O)[O-]. The molecule has 0 aliphatic heterocycles. The normalized spacial score (nSPS) is 10.7. The summed E-state index contributed by atoms with van der Waals surface area (Å²) < 4.78 is 5.50. The van der Waals surface area contributed by atoms with Gasteiger partial charge in [0, 0.05) is 0 Å². The highest BCUT2D eigenvalue weighted by atomic mass is 32.2. The average Bonchev–Trinajstić information content (AvgIpc) is 2.88. The molecule has 3 rings (SSSR count). The van der Waals surface area contributed by atoms with Crippen molar-refractivity contribution >= 4 is 34.4 Å². The highest BCUT2D eigenvalue weighted by molar-refractivity contribution is 7.99. The largest absolute Gasteiger partial charge is 0.431 e. The van der Waals surface area contributed by atoms with Crippen molar-refractivity contribution in [3.05, 3.63) is 40.7 Å². The molecule has 0 fully saturated rings. The molecule has 0 aliphatic carbocycles. The average molecular weight is 304 g/mol. The maximum absolute atomic E-state index is 11.1. The van der Waals surface area contributed by atoms with Gasteiger partial charge in [-0.05, 0) is 23.9 Å². The van der Waals surface area contributed by atoms with Gasteiger partial charge in [0.25, 0.3) is 5.22 Å². The molecular weight excluding hydrogens is 296 g/mol. The fourth-order valence-corrected chi connectivity index (χ4v) is 2.49. The smallest absolute Gasteiger partial charge is 0.345 e. The monoisotopic (exact) mass is 304 g/mol. The number of benzene rings is 1. The topological polar surface area (TPSA) is 133 Å². The molecule has 21 heavy (non-hydrogen) atoms. The lowest BCUT2D eigenvalue weighted by Gasteiger charge is -2.02. The van der Waals surface area contributed by atoms with Crippen LogP contribution in [0.1, 0.15) is 0 Å². The Morgan fingerprint density at radius 1 is 1.33 bits per heavy atom. The molecule has 1 aromatic carbocycles. The van der Waals surface area contributed by atoms with Crippen LogP contribution in [0.25, 0.3) is 11.1 Å². The number of nitrogens with zero attached hydrogens (tertiary/aromatic N) is 4. The summed E-state index contributed by atoms with van der Waals surface area (Å²) in [7, 11) is 0. The van der Waals surface area contributed by atoms with Crippen LogP contribution in [0.2, 0.25) is 0 Å². The first-order valence-corrected chi connectivity index (χ1v) is 6.50. The van der Waals surface area contributed by atoms with E-state index in [0.29, 0.717) is 11.1 Å². The summed E-state index contributed by atoms with van der Waals surface area (Å²) >= 11 is 0.932. The minimum absolute atomic E-state index is 0.0754. The number of hydrogen-bond acceptors (Lipinski definition) is 9. The number of hydrogen-bond donors (Lipinski definition) is 2. The number of oxazole rings is 1. The molecule has 3 aromatic rings. The number of para-hydroxylation sites is 2. The van der Waals surface area contributed by atoms with Crippen molar-refractivity contribution in [1.29, 1.82) is 0 Å². The van der Waals surface area contributed by atoms with Gasteiger partial charge >= 0.3 is 5.69 Å². The molecule has 0 aliphatic rings. The van der Waals surface area contributed by atoms with Gasteiger partial charge in [0.1, 0.15) is 11.8 Å². The van der Waals surface area contributed by atoms with E-state index < -0.39 is 4.92 Å². The van der Waals surface area contributed by atoms with Crippen LogP contribution in [-0.2, 0) is 0 Å². The molecule has 0 saturated carbocycles. The van der Waals surface area contributed by atoms with Crippen LogP contribution in [0.15, 0.2) is 45.3 Å². The third-order valence-electron chi connectivity index (χ3n) is 2.57. The second-order valence-corrected chi connectivity index (χ2v) is 4.77. The predicted octanol–water partition coefficient (Wildman–Crippen LogP) is 1.96. The lowest BCUT2D eigenvalue weighted by molar-refractivity contribution is -0.387. The third-order valence-corrected chi connectivity index (χ3v) is 3.41. The molecular formula is C11H8N6O3S. The highest BCUT2D eigenvalue weighted by Gasteiger charge is 2.24. The Bertz CT molecular complexity index is 788. The lowest BCUT2D eigenvalue weighted by Crippen LogP contribution is -2.12. The Balaban J connectivity index is 2.03. The zero-order valence-corrected chi connectivity index (χ0v) is 11.2. The van der Waals surface area contributed by atoms with E-state index in [1.54, 1.807) is 12.1 Å². The first-order valence-electron chi connectivity index (χ1n) is 5.68. The summed E-state index contributed by atoms with van der Waals surface area (Å²) in [6.45, 7) is 0. The molecule has 106 valence electrons. The fourth-order valence-electron chi connectivity index (χ4n) is 1.68. The maximum atomic E-state index is 11.1. The van der Waals surface area contributed by atoms with Crippen LogP contribution in [0.4, 0.5) is 11.5 Å². The fraction of sp³-hybridized carbons (Fsp3) is 0. The number of fused-ring (bicyclic) bond motifs is 1. The predicted molar refractivity (Wildman–Crippen MR) is 74.6 cm³/mol. The quantitative estimate of drug-likeness (QED) is 0.321. The minimum atomic E-state index is -0.611. The Kier molecular flexibility index (Phi) is 3.38. The van der Waals surface area contributed by atoms with Gasteiger partial charge in [0.2, 0.25) is 5.82 Å². The summed E-state index contributed by atoms with van der Waals surface area (Å²) in [6.07, 6.45) is 1.17. The van der Waals surface area contributed by atoms with Crippen molar-refractivity contribution in [1.82, 2.24) is 15.0 Å². The number of nitro groups is 1. The molecule has 10 heteroatoms. The van der Waals surface area contributed by atoms with E-state index in [2.05, 4.69) is 20.4 Å². The van der Waals surface area contributed by atoms with Gasteiger partial charge < -0.3 is 9.84 Å². The number of nitrogens with two attached hydrogens (primary N) is 1. The van der Waals surface area contributed by atoms with Gasteiger partial charge in [-0.3, -0.25) is 10.1 Å². The highest BCUT2D eigenvalue weighted by Crippen LogP contribution is 2.36. The van der Waals surface area contributed by atoms with Crippen LogP contribution in [-0.4, -0.2) is 19.9 Å². The van der Waals surface area contributed by atoms with Crippen LogP contribution in [0.5, 0.6) is 0 Å². The van der Waals surface area contributed by atoms with Crippen molar-refractivity contribution in [3.63, 3.8) is 0 Å². The Morgan fingerprint density at radius 2 is 2.14 bits per heavy atom. The molecule has 0 bridgehead atoms. The van der Waals surface area contributed by atoms with Gasteiger partial charge in [0.15, 0.2) is 10.6 Å². The first kappa shape index (κ1) is 13.3. The molecule has 0 amide bonds. The van der Waals surface area contributed by atoms with Crippen LogP contribution >= 0.6 is 11.8 Å². The molecule has 0 atom stereocenters. The second kappa shape index (κ2) is 5.34. The van der Waals surface area contributed by atoms with Gasteiger partial charge in [-0.15, -0.1) is 0 Å². The zero-order chi connectivity index (χ0) is 14.8. The number of hydrazine groups is 1. The summed E-state index contributed by atoms with van der Waals surface area (Å²) in [5.41, 5.74) is 3.10. The van der Waals surface area contributed by atoms with Crippen LogP contribution in [0, 0.1) is 10.1 Å². The van der Waals surface area contributed by atoms with E-state index >= 15 is 0 Å².